The third kappa shape index (κ3) is 7.73. The average Bonchev–Trinajstić information content (AvgIpc) is 2.94. The summed E-state index contributed by atoms with van der Waals surface area (Å²) in [4.78, 5) is 33.1. The predicted octanol–water partition coefficient (Wildman–Crippen LogP) is 3.48. The Hall–Kier alpha value is -3.15. The first kappa shape index (κ1) is 21.9. The first-order chi connectivity index (χ1) is 12.7. The van der Waals surface area contributed by atoms with E-state index >= 15 is 0 Å². The van der Waals surface area contributed by atoms with Crippen molar-refractivity contribution >= 4 is 24.0 Å². The van der Waals surface area contributed by atoms with E-state index in [1.165, 1.54) is 0 Å². The molecule has 1 aliphatic rings. The van der Waals surface area contributed by atoms with Crippen LogP contribution in [0.5, 0.6) is 0 Å². The molecule has 1 aromatic rings. The maximum atomic E-state index is 11.6. The Morgan fingerprint density at radius 3 is 2.22 bits per heavy atom. The molecule has 0 radical (unpaired) electrons. The van der Waals surface area contributed by atoms with Crippen molar-refractivity contribution < 1.29 is 28.6 Å². The molecule has 6 heteroatoms. The molecule has 0 bridgehead atoms. The SMILES string of the molecule is C=C1CC(C)OC1=O.C=Cc1ccc(C(=O)OCCOC(=O)C(=C)C)cc1. The molecule has 0 aromatic heterocycles. The highest BCUT2D eigenvalue weighted by Crippen LogP contribution is 2.16. The first-order valence-corrected chi connectivity index (χ1v) is 8.35. The average molecular weight is 372 g/mol. The Balaban J connectivity index is 0.000000377. The van der Waals surface area contributed by atoms with Gasteiger partial charge in [-0.2, -0.15) is 0 Å². The fourth-order valence-corrected chi connectivity index (χ4v) is 1.97. The molecule has 1 atom stereocenters. The molecular formula is C21H24O6. The highest BCUT2D eigenvalue weighted by Gasteiger charge is 2.22. The predicted molar refractivity (Wildman–Crippen MR) is 102 cm³/mol. The van der Waals surface area contributed by atoms with Gasteiger partial charge in [0.15, 0.2) is 0 Å². The van der Waals surface area contributed by atoms with Gasteiger partial charge in [-0.1, -0.05) is 37.9 Å². The third-order valence-electron chi connectivity index (χ3n) is 3.41. The Kier molecular flexibility index (Phi) is 8.72. The van der Waals surface area contributed by atoms with Gasteiger partial charge in [0.25, 0.3) is 0 Å². The molecule has 0 spiro atoms. The number of hydrogen-bond donors (Lipinski definition) is 0. The molecule has 0 N–H and O–H groups in total. The minimum Gasteiger partial charge on any atom is -0.459 e. The summed E-state index contributed by atoms with van der Waals surface area (Å²) in [5.74, 6) is -1.19. The summed E-state index contributed by atoms with van der Waals surface area (Å²) < 4.78 is 14.5. The molecule has 1 aromatic carbocycles. The van der Waals surface area contributed by atoms with Crippen molar-refractivity contribution in [1.82, 2.24) is 0 Å². The minimum absolute atomic E-state index is 0.0149. The van der Waals surface area contributed by atoms with Crippen LogP contribution in [-0.2, 0) is 23.8 Å². The number of carbonyl (C=O) groups is 3. The van der Waals surface area contributed by atoms with E-state index in [2.05, 4.69) is 19.7 Å². The van der Waals surface area contributed by atoms with Gasteiger partial charge in [-0.25, -0.2) is 14.4 Å². The van der Waals surface area contributed by atoms with E-state index in [4.69, 9.17) is 14.2 Å². The van der Waals surface area contributed by atoms with Gasteiger partial charge < -0.3 is 14.2 Å². The van der Waals surface area contributed by atoms with Crippen LogP contribution in [0.4, 0.5) is 0 Å². The Labute approximate surface area is 159 Å². The van der Waals surface area contributed by atoms with Crippen molar-refractivity contribution in [1.29, 1.82) is 0 Å². The fraction of sp³-hybridized carbons (Fsp3) is 0.286. The van der Waals surface area contributed by atoms with Crippen LogP contribution in [0.15, 0.2) is 55.1 Å². The number of ether oxygens (including phenoxy) is 3. The van der Waals surface area contributed by atoms with Crippen molar-refractivity contribution in [3.63, 3.8) is 0 Å². The molecule has 27 heavy (non-hydrogen) atoms. The number of esters is 3. The van der Waals surface area contributed by atoms with Crippen LogP contribution in [0.3, 0.4) is 0 Å². The molecule has 6 nitrogen and oxygen atoms in total. The zero-order valence-corrected chi connectivity index (χ0v) is 15.7. The molecule has 144 valence electrons. The van der Waals surface area contributed by atoms with Crippen molar-refractivity contribution in [2.75, 3.05) is 13.2 Å². The van der Waals surface area contributed by atoms with Crippen LogP contribution in [0, 0.1) is 0 Å². The molecule has 0 aliphatic carbocycles. The maximum absolute atomic E-state index is 11.6. The van der Waals surface area contributed by atoms with Crippen molar-refractivity contribution in [2.24, 2.45) is 0 Å². The van der Waals surface area contributed by atoms with E-state index in [1.807, 2.05) is 6.92 Å². The molecule has 1 aliphatic heterocycles. The van der Waals surface area contributed by atoms with Crippen LogP contribution in [0.1, 0.15) is 36.2 Å². The zero-order valence-electron chi connectivity index (χ0n) is 15.7. The summed E-state index contributed by atoms with van der Waals surface area (Å²) in [6, 6.07) is 6.84. The fourth-order valence-electron chi connectivity index (χ4n) is 1.97. The molecule has 1 fully saturated rings. The van der Waals surface area contributed by atoms with Crippen LogP contribution in [0.25, 0.3) is 6.08 Å². The minimum atomic E-state index is -0.494. The number of carbonyl (C=O) groups excluding carboxylic acids is 3. The van der Waals surface area contributed by atoms with Gasteiger partial charge in [0, 0.05) is 17.6 Å². The van der Waals surface area contributed by atoms with E-state index in [-0.39, 0.29) is 25.3 Å². The highest BCUT2D eigenvalue weighted by molar-refractivity contribution is 5.90. The standard InChI is InChI=1S/C15H16O4.C6H8O2/c1-4-12-5-7-13(8-6-12)15(17)19-10-9-18-14(16)11(2)3;1-4-3-5(2)8-6(4)7/h4-8H,1-2,9-10H2,3H3;5H,1,3H2,2H3. The molecule has 1 saturated heterocycles. The number of benzene rings is 1. The first-order valence-electron chi connectivity index (χ1n) is 8.35. The summed E-state index contributed by atoms with van der Waals surface area (Å²) in [7, 11) is 0. The summed E-state index contributed by atoms with van der Waals surface area (Å²) in [5.41, 5.74) is 2.27. The maximum Gasteiger partial charge on any atom is 0.338 e. The normalized spacial score (nSPS) is 15.1. The number of cyclic esters (lactones) is 1. The Bertz CT molecular complexity index is 714. The zero-order chi connectivity index (χ0) is 20.4. The lowest BCUT2D eigenvalue weighted by molar-refractivity contribution is -0.140. The molecular weight excluding hydrogens is 348 g/mol. The second-order valence-corrected chi connectivity index (χ2v) is 5.90. The molecule has 2 rings (SSSR count). The lowest BCUT2D eigenvalue weighted by Gasteiger charge is -2.06. The second-order valence-electron chi connectivity index (χ2n) is 5.90. The quantitative estimate of drug-likeness (QED) is 0.329. The lowest BCUT2D eigenvalue weighted by atomic mass is 10.1. The van der Waals surface area contributed by atoms with Crippen molar-refractivity contribution in [2.45, 2.75) is 26.4 Å². The van der Waals surface area contributed by atoms with E-state index < -0.39 is 11.9 Å². The number of hydrogen-bond acceptors (Lipinski definition) is 6. The smallest absolute Gasteiger partial charge is 0.338 e. The molecule has 0 saturated carbocycles. The summed E-state index contributed by atoms with van der Waals surface area (Å²) in [5, 5.41) is 0. The van der Waals surface area contributed by atoms with Crippen LogP contribution in [-0.4, -0.2) is 37.2 Å². The third-order valence-corrected chi connectivity index (χ3v) is 3.41. The van der Waals surface area contributed by atoms with E-state index in [9.17, 15) is 14.4 Å². The van der Waals surface area contributed by atoms with Gasteiger partial charge in [-0.15, -0.1) is 0 Å². The van der Waals surface area contributed by atoms with Crippen LogP contribution < -0.4 is 0 Å². The second kappa shape index (κ2) is 10.8. The Morgan fingerprint density at radius 2 is 1.81 bits per heavy atom. The van der Waals surface area contributed by atoms with Gasteiger partial charge in [0.2, 0.25) is 0 Å². The van der Waals surface area contributed by atoms with Gasteiger partial charge >= 0.3 is 17.9 Å². The van der Waals surface area contributed by atoms with Crippen LogP contribution >= 0.6 is 0 Å². The van der Waals surface area contributed by atoms with E-state index in [0.717, 1.165) is 5.56 Å². The topological polar surface area (TPSA) is 78.9 Å². The van der Waals surface area contributed by atoms with Crippen molar-refractivity contribution in [3.8, 4) is 0 Å². The van der Waals surface area contributed by atoms with Gasteiger partial charge in [0.05, 0.1) is 5.56 Å². The molecule has 1 heterocycles. The van der Waals surface area contributed by atoms with Gasteiger partial charge in [-0.3, -0.25) is 0 Å². The molecule has 0 amide bonds. The summed E-state index contributed by atoms with van der Waals surface area (Å²) in [6.45, 7) is 14.0. The summed E-state index contributed by atoms with van der Waals surface area (Å²) >= 11 is 0. The monoisotopic (exact) mass is 372 g/mol. The van der Waals surface area contributed by atoms with E-state index in [0.29, 0.717) is 23.1 Å². The van der Waals surface area contributed by atoms with Crippen molar-refractivity contribution in [3.05, 3.63) is 66.3 Å². The van der Waals surface area contributed by atoms with Gasteiger partial charge in [-0.05, 0) is 31.5 Å². The van der Waals surface area contributed by atoms with Crippen LogP contribution in [0.2, 0.25) is 0 Å². The number of rotatable bonds is 6. The highest BCUT2D eigenvalue weighted by atomic mass is 16.6. The Morgan fingerprint density at radius 1 is 1.22 bits per heavy atom. The van der Waals surface area contributed by atoms with E-state index in [1.54, 1.807) is 37.3 Å². The largest absolute Gasteiger partial charge is 0.459 e. The van der Waals surface area contributed by atoms with Gasteiger partial charge in [0.1, 0.15) is 19.3 Å². The molecule has 1 unspecified atom stereocenters. The lowest BCUT2D eigenvalue weighted by Crippen LogP contribution is -2.14. The summed E-state index contributed by atoms with van der Waals surface area (Å²) in [6.07, 6.45) is 2.43.